The van der Waals surface area contributed by atoms with E-state index in [0.29, 0.717) is 5.69 Å². The number of anilines is 1. The van der Waals surface area contributed by atoms with Crippen LogP contribution in [0, 0.1) is 0 Å². The molecule has 30 heavy (non-hydrogen) atoms. The van der Waals surface area contributed by atoms with Crippen molar-refractivity contribution >= 4 is 11.6 Å². The van der Waals surface area contributed by atoms with E-state index in [4.69, 9.17) is 0 Å². The van der Waals surface area contributed by atoms with E-state index < -0.39 is 17.8 Å². The number of hydrogen-bond donors (Lipinski definition) is 1. The van der Waals surface area contributed by atoms with Gasteiger partial charge >= 0.3 is 6.18 Å². The van der Waals surface area contributed by atoms with Gasteiger partial charge < -0.3 is 9.88 Å². The second-order valence-corrected chi connectivity index (χ2v) is 6.52. The molecule has 0 saturated heterocycles. The number of imidazole rings is 1. The molecule has 0 aliphatic carbocycles. The van der Waals surface area contributed by atoms with E-state index in [2.05, 4.69) is 20.4 Å². The highest BCUT2D eigenvalue weighted by molar-refractivity contribution is 6.05. The Morgan fingerprint density at radius 3 is 2.60 bits per heavy atom. The molecule has 0 aliphatic heterocycles. The molecule has 1 aromatic carbocycles. The number of alkyl halides is 3. The number of aromatic nitrogens is 5. The Labute approximate surface area is 168 Å². The van der Waals surface area contributed by atoms with Gasteiger partial charge in [-0.1, -0.05) is 0 Å². The molecule has 152 valence electrons. The second kappa shape index (κ2) is 7.47. The predicted molar refractivity (Wildman–Crippen MR) is 103 cm³/mol. The van der Waals surface area contributed by atoms with Gasteiger partial charge in [0.05, 0.1) is 12.5 Å². The Hall–Kier alpha value is -3.95. The van der Waals surface area contributed by atoms with E-state index in [1.807, 2.05) is 6.07 Å². The molecule has 0 unspecified atom stereocenters. The number of rotatable bonds is 4. The summed E-state index contributed by atoms with van der Waals surface area (Å²) in [5.74, 6) is -0.554. The quantitative estimate of drug-likeness (QED) is 0.551. The fraction of sp³-hybridized carbons (Fsp3) is 0.100. The molecule has 0 spiro atoms. The summed E-state index contributed by atoms with van der Waals surface area (Å²) in [6.45, 7) is 0. The summed E-state index contributed by atoms with van der Waals surface area (Å²) in [5, 5.41) is 6.65. The Balaban J connectivity index is 1.71. The van der Waals surface area contributed by atoms with Crippen molar-refractivity contribution in [2.45, 2.75) is 6.18 Å². The van der Waals surface area contributed by atoms with E-state index in [1.54, 1.807) is 59.5 Å². The molecule has 4 aromatic rings. The monoisotopic (exact) mass is 412 g/mol. The number of nitrogens with one attached hydrogen (secondary N) is 1. The van der Waals surface area contributed by atoms with Gasteiger partial charge in [0.15, 0.2) is 0 Å². The fourth-order valence-electron chi connectivity index (χ4n) is 2.91. The molecule has 7 nitrogen and oxygen atoms in total. The second-order valence-electron chi connectivity index (χ2n) is 6.52. The molecule has 0 bridgehead atoms. The molecule has 0 fully saturated rings. The van der Waals surface area contributed by atoms with Crippen LogP contribution in [0.4, 0.5) is 18.9 Å². The zero-order valence-electron chi connectivity index (χ0n) is 15.6. The molecule has 0 radical (unpaired) electrons. The number of carbonyl (C=O) groups is 1. The number of hydrogen-bond acceptors (Lipinski definition) is 4. The first-order valence-corrected chi connectivity index (χ1v) is 8.76. The zero-order chi connectivity index (χ0) is 21.3. The molecule has 0 aliphatic rings. The van der Waals surface area contributed by atoms with Gasteiger partial charge in [0.1, 0.15) is 5.69 Å². The molecular formula is C20H15F3N6O. The van der Waals surface area contributed by atoms with E-state index in [9.17, 15) is 18.0 Å². The van der Waals surface area contributed by atoms with Crippen molar-refractivity contribution in [3.05, 3.63) is 78.9 Å². The normalized spacial score (nSPS) is 11.5. The van der Waals surface area contributed by atoms with Crippen molar-refractivity contribution in [1.29, 1.82) is 0 Å². The minimum Gasteiger partial charge on any atom is -0.322 e. The predicted octanol–water partition coefficient (Wildman–Crippen LogP) is 3.94. The Bertz CT molecular complexity index is 1200. The van der Waals surface area contributed by atoms with Gasteiger partial charge in [0.25, 0.3) is 5.91 Å². The maximum atomic E-state index is 12.9. The summed E-state index contributed by atoms with van der Waals surface area (Å²) in [7, 11) is 1.78. The van der Waals surface area contributed by atoms with E-state index in [-0.39, 0.29) is 11.3 Å². The van der Waals surface area contributed by atoms with Gasteiger partial charge in [0, 0.05) is 54.3 Å². The third-order valence-electron chi connectivity index (χ3n) is 4.33. The number of nitrogens with zero attached hydrogens (tertiary/aromatic N) is 5. The number of carbonyl (C=O) groups excluding carboxylic acids is 1. The van der Waals surface area contributed by atoms with Crippen LogP contribution >= 0.6 is 0 Å². The summed E-state index contributed by atoms with van der Waals surface area (Å²) < 4.78 is 42.0. The van der Waals surface area contributed by atoms with Crippen LogP contribution < -0.4 is 5.32 Å². The van der Waals surface area contributed by atoms with Gasteiger partial charge in [-0.25, -0.2) is 4.98 Å². The third-order valence-corrected chi connectivity index (χ3v) is 4.33. The van der Waals surface area contributed by atoms with Crippen LogP contribution in [0.25, 0.3) is 16.8 Å². The van der Waals surface area contributed by atoms with E-state index >= 15 is 0 Å². The van der Waals surface area contributed by atoms with Crippen molar-refractivity contribution in [1.82, 2.24) is 24.3 Å². The number of benzene rings is 1. The summed E-state index contributed by atoms with van der Waals surface area (Å²) in [6, 6.07) is 7.24. The molecule has 1 N–H and O–H groups in total. The molecule has 3 aromatic heterocycles. The average molecular weight is 412 g/mol. The van der Waals surface area contributed by atoms with Crippen molar-refractivity contribution < 1.29 is 18.0 Å². The maximum absolute atomic E-state index is 12.9. The Morgan fingerprint density at radius 2 is 1.93 bits per heavy atom. The molecular weight excluding hydrogens is 397 g/mol. The molecule has 0 atom stereocenters. The maximum Gasteiger partial charge on any atom is 0.433 e. The Morgan fingerprint density at radius 1 is 1.10 bits per heavy atom. The van der Waals surface area contributed by atoms with Crippen molar-refractivity contribution in [2.24, 2.45) is 7.05 Å². The standard InChI is InChI=1S/C20H15F3N6O/c1-28-11-15(10-26-28)13-6-14(8-17(7-13)29-5-4-24-12-29)19(30)27-16-2-3-25-18(9-16)20(21,22)23/h2-12H,1H3,(H,25,27,30). The van der Waals surface area contributed by atoms with Gasteiger partial charge in [0.2, 0.25) is 0 Å². The lowest BCUT2D eigenvalue weighted by Crippen LogP contribution is -2.14. The summed E-state index contributed by atoms with van der Waals surface area (Å²) in [4.78, 5) is 20.1. The molecule has 3 heterocycles. The SMILES string of the molecule is Cn1cc(-c2cc(C(=O)Nc3ccnc(C(F)(F)F)c3)cc(-n3ccnc3)c2)cn1. The lowest BCUT2D eigenvalue weighted by atomic mass is 10.0. The highest BCUT2D eigenvalue weighted by atomic mass is 19.4. The van der Waals surface area contributed by atoms with Crippen LogP contribution in [0.15, 0.2) is 67.6 Å². The van der Waals surface area contributed by atoms with Crippen LogP contribution in [-0.4, -0.2) is 30.2 Å². The van der Waals surface area contributed by atoms with E-state index in [1.165, 1.54) is 6.07 Å². The number of halogens is 3. The Kier molecular flexibility index (Phi) is 4.82. The number of amides is 1. The van der Waals surface area contributed by atoms with Crippen LogP contribution in [0.5, 0.6) is 0 Å². The minimum absolute atomic E-state index is 0.00159. The average Bonchev–Trinajstić information content (AvgIpc) is 3.39. The lowest BCUT2D eigenvalue weighted by Gasteiger charge is -2.12. The first-order valence-electron chi connectivity index (χ1n) is 8.76. The molecule has 10 heteroatoms. The third kappa shape index (κ3) is 4.07. The number of pyridine rings is 1. The zero-order valence-corrected chi connectivity index (χ0v) is 15.6. The fourth-order valence-corrected chi connectivity index (χ4v) is 2.91. The van der Waals surface area contributed by atoms with Crippen LogP contribution in [-0.2, 0) is 13.2 Å². The van der Waals surface area contributed by atoms with Crippen LogP contribution in [0.1, 0.15) is 16.1 Å². The van der Waals surface area contributed by atoms with Crippen molar-refractivity contribution in [2.75, 3.05) is 5.32 Å². The minimum atomic E-state index is -4.60. The van der Waals surface area contributed by atoms with Crippen molar-refractivity contribution in [3.8, 4) is 16.8 Å². The van der Waals surface area contributed by atoms with Crippen LogP contribution in [0.2, 0.25) is 0 Å². The van der Waals surface area contributed by atoms with Crippen LogP contribution in [0.3, 0.4) is 0 Å². The lowest BCUT2D eigenvalue weighted by molar-refractivity contribution is -0.141. The first-order chi connectivity index (χ1) is 14.3. The van der Waals surface area contributed by atoms with Gasteiger partial charge in [-0.05, 0) is 35.9 Å². The van der Waals surface area contributed by atoms with Crippen molar-refractivity contribution in [3.63, 3.8) is 0 Å². The van der Waals surface area contributed by atoms with Gasteiger partial charge in [-0.3, -0.25) is 14.5 Å². The molecule has 1 amide bonds. The summed E-state index contributed by atoms with van der Waals surface area (Å²) >= 11 is 0. The summed E-state index contributed by atoms with van der Waals surface area (Å²) in [5.41, 5.74) is 1.37. The summed E-state index contributed by atoms with van der Waals surface area (Å²) in [6.07, 6.45) is 4.77. The smallest absolute Gasteiger partial charge is 0.322 e. The topological polar surface area (TPSA) is 77.6 Å². The number of aryl methyl sites for hydroxylation is 1. The highest BCUT2D eigenvalue weighted by Crippen LogP contribution is 2.29. The molecule has 4 rings (SSSR count). The molecule has 0 saturated carbocycles. The van der Waals surface area contributed by atoms with Gasteiger partial charge in [-0.2, -0.15) is 18.3 Å². The largest absolute Gasteiger partial charge is 0.433 e. The van der Waals surface area contributed by atoms with Gasteiger partial charge in [-0.15, -0.1) is 0 Å². The first kappa shape index (κ1) is 19.4. The van der Waals surface area contributed by atoms with E-state index in [0.717, 1.165) is 23.4 Å². The highest BCUT2D eigenvalue weighted by Gasteiger charge is 2.32.